The number of carbonyl (C=O) groups excluding carboxylic acids is 4. The van der Waals surface area contributed by atoms with Crippen LogP contribution in [0.15, 0.2) is 101 Å². The number of aryl methyl sites for hydroxylation is 1. The largest absolute Gasteiger partial charge is 0.496 e. The first-order chi connectivity index (χ1) is 27.4. The van der Waals surface area contributed by atoms with Gasteiger partial charge in [0.15, 0.2) is 0 Å². The average molecular weight is 816 g/mol. The number of nitrogens with one attached hydrogen (secondary N) is 2. The normalized spacial score (nSPS) is 15.0. The van der Waals surface area contributed by atoms with Crippen LogP contribution in [0.25, 0.3) is 11.1 Å². The van der Waals surface area contributed by atoms with Gasteiger partial charge in [-0.25, -0.2) is 13.1 Å². The van der Waals surface area contributed by atoms with Crippen LogP contribution >= 0.6 is 11.8 Å². The predicted octanol–water partition coefficient (Wildman–Crippen LogP) is 4.90. The number of methoxy groups -OCH3 is 1. The lowest BCUT2D eigenvalue weighted by Crippen LogP contribution is -2.41. The number of nitro benzene ring substituents is 1. The molecule has 4 aromatic carbocycles. The fraction of sp³-hybridized carbons (Fsp3) is 0.300. The van der Waals surface area contributed by atoms with Crippen LogP contribution < -0.4 is 14.8 Å². The summed E-state index contributed by atoms with van der Waals surface area (Å²) in [7, 11) is -3.04. The van der Waals surface area contributed by atoms with Crippen molar-refractivity contribution in [3.8, 4) is 16.9 Å². The molecule has 298 valence electrons. The molecule has 0 saturated carbocycles. The number of anilines is 1. The molecule has 6 rings (SSSR count). The van der Waals surface area contributed by atoms with Crippen molar-refractivity contribution in [3.63, 3.8) is 0 Å². The van der Waals surface area contributed by atoms with Crippen molar-refractivity contribution in [1.82, 2.24) is 14.5 Å². The zero-order valence-corrected chi connectivity index (χ0v) is 32.7. The molecule has 17 heteroatoms. The van der Waals surface area contributed by atoms with Gasteiger partial charge in [0.2, 0.25) is 17.7 Å². The number of nitro groups is 1. The fourth-order valence-electron chi connectivity index (χ4n) is 6.46. The third-order valence-electron chi connectivity index (χ3n) is 9.53. The number of benzene rings is 4. The zero-order chi connectivity index (χ0) is 40.5. The Hall–Kier alpha value is -5.78. The van der Waals surface area contributed by atoms with Crippen molar-refractivity contribution in [1.29, 1.82) is 0 Å². The molecule has 2 N–H and O–H groups in total. The van der Waals surface area contributed by atoms with Crippen LogP contribution in [-0.4, -0.2) is 98.5 Å². The summed E-state index contributed by atoms with van der Waals surface area (Å²) in [5.41, 5.74) is 1.76. The lowest BCUT2D eigenvalue weighted by molar-refractivity contribution is -0.384. The van der Waals surface area contributed by atoms with Crippen molar-refractivity contribution < 1.29 is 42.0 Å². The molecule has 4 aromatic rings. The first-order valence-corrected chi connectivity index (χ1v) is 20.6. The van der Waals surface area contributed by atoms with E-state index in [2.05, 4.69) is 5.32 Å². The molecule has 1 atom stereocenters. The van der Waals surface area contributed by atoms with E-state index >= 15 is 0 Å². The first kappa shape index (κ1) is 40.9. The molecule has 0 aliphatic carbocycles. The van der Waals surface area contributed by atoms with Crippen LogP contribution in [0.2, 0.25) is 0 Å². The van der Waals surface area contributed by atoms with Crippen LogP contribution in [0.4, 0.5) is 11.4 Å². The SMILES string of the molecule is COc1cc(CCC(=O)N2CCOCC2)ccc1-c1ccc(C(=O)NS(=O)(=O)c2ccc(N[C@@H](CSc3ccccc3)CN3C(=O)CCC3=O)c([N+](=O)[O-])c2)cc1. The van der Waals surface area contributed by atoms with Crippen molar-refractivity contribution in [3.05, 3.63) is 112 Å². The molecule has 0 unspecified atom stereocenters. The number of likely N-dealkylation sites (tertiary alicyclic amines) is 1. The maximum absolute atomic E-state index is 13.4. The highest BCUT2D eigenvalue weighted by molar-refractivity contribution is 7.99. The Bertz CT molecular complexity index is 2230. The lowest BCUT2D eigenvalue weighted by atomic mass is 9.99. The number of rotatable bonds is 16. The molecule has 4 amide bonds. The summed E-state index contributed by atoms with van der Waals surface area (Å²) < 4.78 is 39.7. The minimum absolute atomic E-state index is 0.0245. The number of hydrogen-bond acceptors (Lipinski definition) is 12. The van der Waals surface area contributed by atoms with Crippen LogP contribution in [-0.2, 0) is 35.6 Å². The number of sulfonamides is 1. The number of amides is 4. The van der Waals surface area contributed by atoms with Crippen molar-refractivity contribution in [2.24, 2.45) is 0 Å². The van der Waals surface area contributed by atoms with Gasteiger partial charge in [-0.15, -0.1) is 11.8 Å². The summed E-state index contributed by atoms with van der Waals surface area (Å²) in [6, 6.07) is 23.7. The Kier molecular flexibility index (Phi) is 13.2. The van der Waals surface area contributed by atoms with Gasteiger partial charge in [0, 0.05) is 66.7 Å². The number of imide groups is 1. The number of ether oxygens (including phenoxy) is 2. The second-order valence-electron chi connectivity index (χ2n) is 13.3. The summed E-state index contributed by atoms with van der Waals surface area (Å²) in [5, 5.41) is 15.3. The monoisotopic (exact) mass is 815 g/mol. The molecule has 0 radical (unpaired) electrons. The summed E-state index contributed by atoms with van der Waals surface area (Å²) >= 11 is 1.42. The van der Waals surface area contributed by atoms with E-state index in [-0.39, 0.29) is 48.4 Å². The van der Waals surface area contributed by atoms with E-state index in [1.165, 1.54) is 37.1 Å². The van der Waals surface area contributed by atoms with E-state index < -0.39 is 37.5 Å². The Morgan fingerprint density at radius 1 is 0.947 bits per heavy atom. The van der Waals surface area contributed by atoms with Crippen molar-refractivity contribution >= 4 is 56.8 Å². The number of morpholine rings is 1. The molecule has 2 heterocycles. The highest BCUT2D eigenvalue weighted by atomic mass is 32.2. The maximum Gasteiger partial charge on any atom is 0.293 e. The molecule has 0 bridgehead atoms. The standard InChI is InChI=1S/C40H41N5O10S2/c1-54-36-23-27(8-16-37(46)43-19-21-55-22-20-43)7-14-33(36)28-9-11-29(12-10-28)40(49)42-57(52,53)32-13-15-34(35(24-32)45(50)51)41-30(25-44-38(47)17-18-39(44)48)26-56-31-5-3-2-4-6-31/h2-7,9-15,23-24,30,41H,8,16-22,25-26H2,1H3,(H,42,49)/t30-/m1/s1. The maximum atomic E-state index is 13.4. The molecule has 0 spiro atoms. The molecule has 15 nitrogen and oxygen atoms in total. The van der Waals surface area contributed by atoms with E-state index in [1.807, 2.05) is 53.3 Å². The van der Waals surface area contributed by atoms with Gasteiger partial charge in [0.05, 0.1) is 36.2 Å². The smallest absolute Gasteiger partial charge is 0.293 e. The van der Waals surface area contributed by atoms with Crippen molar-refractivity contribution in [2.75, 3.05) is 51.0 Å². The zero-order valence-electron chi connectivity index (χ0n) is 31.0. The average Bonchev–Trinajstić information content (AvgIpc) is 3.54. The highest BCUT2D eigenvalue weighted by Crippen LogP contribution is 2.33. The Morgan fingerprint density at radius 2 is 1.65 bits per heavy atom. The van der Waals surface area contributed by atoms with Gasteiger partial charge in [-0.1, -0.05) is 42.5 Å². The van der Waals surface area contributed by atoms with E-state index in [0.717, 1.165) is 33.1 Å². The van der Waals surface area contributed by atoms with Gasteiger partial charge in [0.1, 0.15) is 11.4 Å². The first-order valence-electron chi connectivity index (χ1n) is 18.2. The predicted molar refractivity (Wildman–Crippen MR) is 212 cm³/mol. The minimum atomic E-state index is -4.57. The molecule has 2 aliphatic heterocycles. The number of nitrogens with zero attached hydrogens (tertiary/aromatic N) is 3. The molecular formula is C40H41N5O10S2. The number of thioether (sulfide) groups is 1. The molecule has 2 aliphatic rings. The molecule has 0 aromatic heterocycles. The fourth-order valence-corrected chi connectivity index (χ4v) is 8.39. The van der Waals surface area contributed by atoms with Gasteiger partial charge in [-0.2, -0.15) is 0 Å². The molecule has 2 saturated heterocycles. The minimum Gasteiger partial charge on any atom is -0.496 e. The number of carbonyl (C=O) groups is 4. The second-order valence-corrected chi connectivity index (χ2v) is 16.1. The highest BCUT2D eigenvalue weighted by Gasteiger charge is 2.32. The third-order valence-corrected chi connectivity index (χ3v) is 12.0. The summed E-state index contributed by atoms with van der Waals surface area (Å²) in [5.74, 6) is -0.673. The van der Waals surface area contributed by atoms with Gasteiger partial charge in [-0.05, 0) is 60.0 Å². The van der Waals surface area contributed by atoms with Gasteiger partial charge < -0.3 is 19.7 Å². The topological polar surface area (TPSA) is 195 Å². The van der Waals surface area contributed by atoms with Crippen LogP contribution in [0.3, 0.4) is 0 Å². The van der Waals surface area contributed by atoms with Gasteiger partial charge >= 0.3 is 0 Å². The lowest BCUT2D eigenvalue weighted by Gasteiger charge is -2.26. The van der Waals surface area contributed by atoms with Crippen LogP contribution in [0.1, 0.15) is 35.2 Å². The van der Waals surface area contributed by atoms with Gasteiger partial charge in [-0.3, -0.25) is 34.2 Å². The molecule has 2 fully saturated rings. The summed E-state index contributed by atoms with van der Waals surface area (Å²) in [6.07, 6.45) is 1.05. The van der Waals surface area contributed by atoms with E-state index in [1.54, 1.807) is 17.0 Å². The Morgan fingerprint density at radius 3 is 2.32 bits per heavy atom. The number of hydrogen-bond donors (Lipinski definition) is 2. The van der Waals surface area contributed by atoms with Gasteiger partial charge in [0.25, 0.3) is 21.6 Å². The van der Waals surface area contributed by atoms with E-state index in [4.69, 9.17) is 9.47 Å². The van der Waals surface area contributed by atoms with Crippen LogP contribution in [0, 0.1) is 10.1 Å². The second kappa shape index (κ2) is 18.4. The van der Waals surface area contributed by atoms with E-state index in [0.29, 0.717) is 56.2 Å². The van der Waals surface area contributed by atoms with Crippen molar-refractivity contribution in [2.45, 2.75) is 41.5 Å². The molecular weight excluding hydrogens is 775 g/mol. The summed E-state index contributed by atoms with van der Waals surface area (Å²) in [6.45, 7) is 2.20. The third kappa shape index (κ3) is 10.3. The quantitative estimate of drug-likeness (QED) is 0.0674. The Labute approximate surface area is 333 Å². The van der Waals surface area contributed by atoms with Crippen LogP contribution in [0.5, 0.6) is 5.75 Å². The molecule has 57 heavy (non-hydrogen) atoms. The Balaban J connectivity index is 1.13. The van der Waals surface area contributed by atoms with E-state index in [9.17, 15) is 37.7 Å². The summed E-state index contributed by atoms with van der Waals surface area (Å²) in [4.78, 5) is 65.4.